The van der Waals surface area contributed by atoms with Gasteiger partial charge in [0.1, 0.15) is 11.3 Å². The van der Waals surface area contributed by atoms with Crippen LogP contribution in [-0.4, -0.2) is 17.8 Å². The van der Waals surface area contributed by atoms with E-state index < -0.39 is 0 Å². The number of aliphatic hydroxyl groups is 1. The SMILES string of the molecule is CCC(CO)NC(C)c1cc2cc(Cl)ccc2o1. The molecule has 2 unspecified atom stereocenters. The number of hydrogen-bond acceptors (Lipinski definition) is 3. The topological polar surface area (TPSA) is 45.4 Å². The zero-order chi connectivity index (χ0) is 13.1. The van der Waals surface area contributed by atoms with Gasteiger partial charge in [0.15, 0.2) is 0 Å². The maximum atomic E-state index is 9.19. The van der Waals surface area contributed by atoms with Crippen molar-refractivity contribution in [3.05, 3.63) is 35.0 Å². The van der Waals surface area contributed by atoms with Crippen LogP contribution < -0.4 is 5.32 Å². The number of fused-ring (bicyclic) bond motifs is 1. The standard InChI is InChI=1S/C14H18ClNO2/c1-3-12(8-17)16-9(2)14-7-10-6-11(15)4-5-13(10)18-14/h4-7,9,12,16-17H,3,8H2,1-2H3. The van der Waals surface area contributed by atoms with Crippen LogP contribution in [0.3, 0.4) is 0 Å². The molecule has 0 saturated carbocycles. The van der Waals surface area contributed by atoms with Crippen molar-refractivity contribution in [3.8, 4) is 0 Å². The largest absolute Gasteiger partial charge is 0.459 e. The molecule has 2 rings (SSSR count). The van der Waals surface area contributed by atoms with Gasteiger partial charge in [-0.05, 0) is 37.6 Å². The fourth-order valence-electron chi connectivity index (χ4n) is 1.98. The fraction of sp³-hybridized carbons (Fsp3) is 0.429. The number of benzene rings is 1. The molecule has 3 nitrogen and oxygen atoms in total. The summed E-state index contributed by atoms with van der Waals surface area (Å²) in [5.41, 5.74) is 0.833. The van der Waals surface area contributed by atoms with Crippen LogP contribution in [0.4, 0.5) is 0 Å². The van der Waals surface area contributed by atoms with Crippen molar-refractivity contribution in [1.82, 2.24) is 5.32 Å². The average Bonchev–Trinajstić information content (AvgIpc) is 2.78. The average molecular weight is 268 g/mol. The quantitative estimate of drug-likeness (QED) is 0.871. The second kappa shape index (κ2) is 5.74. The van der Waals surface area contributed by atoms with Gasteiger partial charge in [0.05, 0.1) is 12.6 Å². The Hall–Kier alpha value is -1.03. The summed E-state index contributed by atoms with van der Waals surface area (Å²) in [6.45, 7) is 4.20. The van der Waals surface area contributed by atoms with Gasteiger partial charge in [-0.1, -0.05) is 18.5 Å². The van der Waals surface area contributed by atoms with E-state index in [1.54, 1.807) is 0 Å². The molecule has 2 N–H and O–H groups in total. The molecule has 0 fully saturated rings. The first-order valence-electron chi connectivity index (χ1n) is 6.20. The molecule has 0 amide bonds. The molecule has 0 aliphatic rings. The van der Waals surface area contributed by atoms with Crippen LogP contribution in [-0.2, 0) is 0 Å². The zero-order valence-corrected chi connectivity index (χ0v) is 11.4. The van der Waals surface area contributed by atoms with E-state index in [0.717, 1.165) is 23.2 Å². The highest BCUT2D eigenvalue weighted by atomic mass is 35.5. The van der Waals surface area contributed by atoms with E-state index in [9.17, 15) is 5.11 Å². The second-order valence-corrected chi connectivity index (χ2v) is 4.94. The monoisotopic (exact) mass is 267 g/mol. The van der Waals surface area contributed by atoms with E-state index in [1.807, 2.05) is 38.1 Å². The Balaban J connectivity index is 2.20. The second-order valence-electron chi connectivity index (χ2n) is 4.51. The van der Waals surface area contributed by atoms with Gasteiger partial charge in [0.2, 0.25) is 0 Å². The number of furan rings is 1. The third-order valence-electron chi connectivity index (χ3n) is 3.12. The summed E-state index contributed by atoms with van der Waals surface area (Å²) in [5, 5.41) is 14.2. The van der Waals surface area contributed by atoms with E-state index >= 15 is 0 Å². The molecule has 0 saturated heterocycles. The first-order valence-corrected chi connectivity index (χ1v) is 6.57. The van der Waals surface area contributed by atoms with Gasteiger partial charge >= 0.3 is 0 Å². The third kappa shape index (κ3) is 2.86. The molecule has 98 valence electrons. The predicted octanol–water partition coefficient (Wildman–Crippen LogP) is 3.51. The summed E-state index contributed by atoms with van der Waals surface area (Å²) in [6, 6.07) is 7.72. The van der Waals surface area contributed by atoms with Gasteiger partial charge in [-0.2, -0.15) is 0 Å². The molecule has 1 aromatic heterocycles. The number of rotatable bonds is 5. The number of hydrogen-bond donors (Lipinski definition) is 2. The van der Waals surface area contributed by atoms with Crippen molar-refractivity contribution in [2.45, 2.75) is 32.4 Å². The number of halogens is 1. The summed E-state index contributed by atoms with van der Waals surface area (Å²) < 4.78 is 5.77. The van der Waals surface area contributed by atoms with Crippen molar-refractivity contribution in [1.29, 1.82) is 0 Å². The molecule has 0 aliphatic carbocycles. The van der Waals surface area contributed by atoms with E-state index in [0.29, 0.717) is 5.02 Å². The van der Waals surface area contributed by atoms with E-state index in [4.69, 9.17) is 16.0 Å². The van der Waals surface area contributed by atoms with Gasteiger partial charge in [-0.3, -0.25) is 0 Å². The Morgan fingerprint density at radius 3 is 2.83 bits per heavy atom. The highest BCUT2D eigenvalue weighted by Crippen LogP contribution is 2.26. The highest BCUT2D eigenvalue weighted by molar-refractivity contribution is 6.31. The molecular weight excluding hydrogens is 250 g/mol. The van der Waals surface area contributed by atoms with Crippen LogP contribution in [0.2, 0.25) is 5.02 Å². The van der Waals surface area contributed by atoms with Gasteiger partial charge in [0.25, 0.3) is 0 Å². The predicted molar refractivity (Wildman–Crippen MR) is 73.9 cm³/mol. The minimum atomic E-state index is 0.0632. The maximum absolute atomic E-state index is 9.19. The first-order chi connectivity index (χ1) is 8.63. The maximum Gasteiger partial charge on any atom is 0.134 e. The number of aliphatic hydroxyl groups excluding tert-OH is 1. The van der Waals surface area contributed by atoms with Crippen LogP contribution in [0.25, 0.3) is 11.0 Å². The third-order valence-corrected chi connectivity index (χ3v) is 3.36. The van der Waals surface area contributed by atoms with Crippen molar-refractivity contribution in [3.63, 3.8) is 0 Å². The highest BCUT2D eigenvalue weighted by Gasteiger charge is 2.15. The van der Waals surface area contributed by atoms with E-state index in [1.165, 1.54) is 0 Å². The summed E-state index contributed by atoms with van der Waals surface area (Å²) in [7, 11) is 0. The van der Waals surface area contributed by atoms with Crippen molar-refractivity contribution in [2.24, 2.45) is 0 Å². The zero-order valence-electron chi connectivity index (χ0n) is 10.6. The smallest absolute Gasteiger partial charge is 0.134 e. The Kier molecular flexibility index (Phi) is 4.27. The van der Waals surface area contributed by atoms with Crippen LogP contribution in [0.5, 0.6) is 0 Å². The molecule has 0 spiro atoms. The summed E-state index contributed by atoms with van der Waals surface area (Å²) in [4.78, 5) is 0. The molecule has 18 heavy (non-hydrogen) atoms. The van der Waals surface area contributed by atoms with Crippen LogP contribution in [0.1, 0.15) is 32.1 Å². The molecule has 0 aliphatic heterocycles. The van der Waals surface area contributed by atoms with E-state index in [-0.39, 0.29) is 18.7 Å². The molecule has 1 heterocycles. The van der Waals surface area contributed by atoms with Crippen LogP contribution >= 0.6 is 11.6 Å². The lowest BCUT2D eigenvalue weighted by atomic mass is 10.1. The lowest BCUT2D eigenvalue weighted by Gasteiger charge is -2.18. The minimum absolute atomic E-state index is 0.0632. The lowest BCUT2D eigenvalue weighted by Crippen LogP contribution is -2.33. The molecule has 2 atom stereocenters. The fourth-order valence-corrected chi connectivity index (χ4v) is 2.16. The molecule has 0 radical (unpaired) electrons. The molecule has 4 heteroatoms. The van der Waals surface area contributed by atoms with Crippen LogP contribution in [0.15, 0.2) is 28.7 Å². The molecule has 1 aromatic carbocycles. The molecule has 0 bridgehead atoms. The van der Waals surface area contributed by atoms with Crippen LogP contribution in [0, 0.1) is 0 Å². The lowest BCUT2D eigenvalue weighted by molar-refractivity contribution is 0.226. The van der Waals surface area contributed by atoms with Gasteiger partial charge in [0, 0.05) is 16.5 Å². The Bertz CT molecular complexity index is 519. The minimum Gasteiger partial charge on any atom is -0.459 e. The van der Waals surface area contributed by atoms with Gasteiger partial charge < -0.3 is 14.8 Å². The Labute approximate surface area is 112 Å². The van der Waals surface area contributed by atoms with Gasteiger partial charge in [-0.15, -0.1) is 0 Å². The van der Waals surface area contributed by atoms with Crippen molar-refractivity contribution < 1.29 is 9.52 Å². The normalized spacial score (nSPS) is 14.9. The van der Waals surface area contributed by atoms with Gasteiger partial charge in [-0.25, -0.2) is 0 Å². The summed E-state index contributed by atoms with van der Waals surface area (Å²) >= 11 is 5.95. The summed E-state index contributed by atoms with van der Waals surface area (Å²) in [6.07, 6.45) is 0.882. The Morgan fingerprint density at radius 2 is 2.17 bits per heavy atom. The number of nitrogens with one attached hydrogen (secondary N) is 1. The van der Waals surface area contributed by atoms with Crippen molar-refractivity contribution in [2.75, 3.05) is 6.61 Å². The molecule has 2 aromatic rings. The van der Waals surface area contributed by atoms with E-state index in [2.05, 4.69) is 5.32 Å². The van der Waals surface area contributed by atoms with Crippen molar-refractivity contribution >= 4 is 22.6 Å². The Morgan fingerprint density at radius 1 is 1.39 bits per heavy atom. The summed E-state index contributed by atoms with van der Waals surface area (Å²) in [5.74, 6) is 0.860. The first kappa shape index (κ1) is 13.4. The molecular formula is C14H18ClNO2.